The van der Waals surface area contributed by atoms with Crippen LogP contribution in [0.2, 0.25) is 0 Å². The molecule has 0 radical (unpaired) electrons. The molecule has 0 fully saturated rings. The lowest BCUT2D eigenvalue weighted by molar-refractivity contribution is -0.129. The van der Waals surface area contributed by atoms with Crippen LogP contribution in [0.3, 0.4) is 0 Å². The van der Waals surface area contributed by atoms with E-state index in [-0.39, 0.29) is 5.75 Å². The molecule has 0 saturated heterocycles. The number of rotatable bonds is 9. The highest BCUT2D eigenvalue weighted by molar-refractivity contribution is 7.99. The zero-order chi connectivity index (χ0) is 19.2. The zero-order valence-corrected chi connectivity index (χ0v) is 15.5. The average molecular weight is 386 g/mol. The van der Waals surface area contributed by atoms with Crippen LogP contribution < -0.4 is 9.74 Å². The van der Waals surface area contributed by atoms with Gasteiger partial charge >= 0.3 is 6.18 Å². The molecule has 2 aromatic rings. The Kier molecular flexibility index (Phi) is 6.96. The van der Waals surface area contributed by atoms with Gasteiger partial charge in [-0.2, -0.15) is 24.9 Å². The minimum absolute atomic E-state index is 0.0572. The van der Waals surface area contributed by atoms with Crippen LogP contribution in [0.1, 0.15) is 12.8 Å². The van der Waals surface area contributed by atoms with Crippen LogP contribution in [-0.4, -0.2) is 46.8 Å². The first-order valence-corrected chi connectivity index (χ1v) is 9.08. The minimum atomic E-state index is -4.10. The summed E-state index contributed by atoms with van der Waals surface area (Å²) in [5.74, 6) is 1.30. The molecule has 9 heteroatoms. The van der Waals surface area contributed by atoms with Crippen molar-refractivity contribution in [3.8, 4) is 11.3 Å². The summed E-state index contributed by atoms with van der Waals surface area (Å²) in [6.07, 6.45) is -0.921. The van der Waals surface area contributed by atoms with E-state index in [4.69, 9.17) is 4.84 Å². The third-order valence-electron chi connectivity index (χ3n) is 3.67. The van der Waals surface area contributed by atoms with Crippen molar-refractivity contribution >= 4 is 17.6 Å². The van der Waals surface area contributed by atoms with Gasteiger partial charge in [0.25, 0.3) is 0 Å². The second-order valence-corrected chi connectivity index (χ2v) is 6.76. The number of nitrogens with zero attached hydrogens (tertiary/aromatic N) is 4. The van der Waals surface area contributed by atoms with Crippen molar-refractivity contribution in [1.29, 1.82) is 0 Å². The molecule has 5 nitrogen and oxygen atoms in total. The molecule has 26 heavy (non-hydrogen) atoms. The Hall–Kier alpha value is -2.16. The van der Waals surface area contributed by atoms with E-state index >= 15 is 0 Å². The fourth-order valence-corrected chi connectivity index (χ4v) is 3.14. The Labute approximate surface area is 154 Å². The van der Waals surface area contributed by atoms with E-state index in [2.05, 4.69) is 16.7 Å². The van der Waals surface area contributed by atoms with Crippen LogP contribution in [0.15, 0.2) is 42.9 Å². The van der Waals surface area contributed by atoms with Crippen LogP contribution in [0, 0.1) is 0 Å². The van der Waals surface area contributed by atoms with Gasteiger partial charge in [0.2, 0.25) is 0 Å². The van der Waals surface area contributed by atoms with Gasteiger partial charge in [0.05, 0.1) is 12.1 Å². The van der Waals surface area contributed by atoms with Crippen LogP contribution in [0.4, 0.5) is 19.0 Å². The fourth-order valence-electron chi connectivity index (χ4n) is 2.18. The van der Waals surface area contributed by atoms with Crippen LogP contribution in [-0.2, 0) is 0 Å². The molecule has 0 N–H and O–H groups in total. The second-order valence-electron chi connectivity index (χ2n) is 5.54. The first-order valence-electron chi connectivity index (χ1n) is 7.93. The molecule has 0 atom stereocenters. The Morgan fingerprint density at radius 1 is 1.38 bits per heavy atom. The normalized spacial score (nSPS) is 11.4. The Morgan fingerprint density at radius 2 is 2.15 bits per heavy atom. The molecule has 0 unspecified atom stereocenters. The lowest BCUT2D eigenvalue weighted by Crippen LogP contribution is -2.22. The van der Waals surface area contributed by atoms with Gasteiger partial charge in [0.1, 0.15) is 7.11 Å². The van der Waals surface area contributed by atoms with E-state index in [9.17, 15) is 13.2 Å². The molecule has 0 aliphatic heterocycles. The third-order valence-corrected chi connectivity index (χ3v) is 4.66. The summed E-state index contributed by atoms with van der Waals surface area (Å²) in [6, 6.07) is 5.56. The van der Waals surface area contributed by atoms with Gasteiger partial charge in [-0.3, -0.25) is 4.98 Å². The van der Waals surface area contributed by atoms with Crippen molar-refractivity contribution in [2.75, 3.05) is 30.6 Å². The highest BCUT2D eigenvalue weighted by atomic mass is 32.2. The molecule has 2 rings (SSSR count). The maximum absolute atomic E-state index is 12.1. The SMILES string of the molecule is C=C(CCSCCC(F)(F)F)N(C)c1cc(-c2cccnc2)nn1OC. The number of hydrogen-bond donors (Lipinski definition) is 0. The molecule has 0 aliphatic rings. The smallest absolute Gasteiger partial charge is 0.389 e. The molecule has 0 aliphatic carbocycles. The van der Waals surface area contributed by atoms with Gasteiger partial charge in [0, 0.05) is 42.5 Å². The van der Waals surface area contributed by atoms with Gasteiger partial charge in [0.15, 0.2) is 5.82 Å². The Bertz CT molecular complexity index is 719. The molecule has 2 aromatic heterocycles. The van der Waals surface area contributed by atoms with Crippen molar-refractivity contribution in [1.82, 2.24) is 14.9 Å². The largest absolute Gasteiger partial charge is 0.398 e. The van der Waals surface area contributed by atoms with Crippen molar-refractivity contribution in [3.63, 3.8) is 0 Å². The Balaban J connectivity index is 1.96. The molecule has 0 aromatic carbocycles. The summed E-state index contributed by atoms with van der Waals surface area (Å²) in [7, 11) is 3.33. The van der Waals surface area contributed by atoms with Gasteiger partial charge in [-0.1, -0.05) is 11.4 Å². The number of hydrogen-bond acceptors (Lipinski definition) is 5. The predicted molar refractivity (Wildman–Crippen MR) is 98.1 cm³/mol. The predicted octanol–water partition coefficient (Wildman–Crippen LogP) is 4.03. The monoisotopic (exact) mass is 386 g/mol. The first kappa shape index (κ1) is 20.2. The van der Waals surface area contributed by atoms with E-state index in [1.165, 1.54) is 23.7 Å². The van der Waals surface area contributed by atoms with E-state index in [0.717, 1.165) is 11.3 Å². The van der Waals surface area contributed by atoms with Crippen LogP contribution in [0.25, 0.3) is 11.3 Å². The van der Waals surface area contributed by atoms with Gasteiger partial charge < -0.3 is 9.74 Å². The van der Waals surface area contributed by atoms with Crippen LogP contribution >= 0.6 is 11.8 Å². The average Bonchev–Trinajstić information content (AvgIpc) is 3.04. The van der Waals surface area contributed by atoms with E-state index < -0.39 is 12.6 Å². The summed E-state index contributed by atoms with van der Waals surface area (Å²) < 4.78 is 36.4. The second kappa shape index (κ2) is 8.98. The van der Waals surface area contributed by atoms with Crippen LogP contribution in [0.5, 0.6) is 0 Å². The number of allylic oxidation sites excluding steroid dienone is 1. The summed E-state index contributed by atoms with van der Waals surface area (Å²) in [4.78, 5) is 12.5. The molecule has 0 bridgehead atoms. The summed E-state index contributed by atoms with van der Waals surface area (Å²) >= 11 is 1.26. The highest BCUT2D eigenvalue weighted by Crippen LogP contribution is 2.26. The topological polar surface area (TPSA) is 43.2 Å². The number of halogens is 3. The molecule has 0 spiro atoms. The summed E-state index contributed by atoms with van der Waals surface area (Å²) in [5.41, 5.74) is 2.32. The number of pyridine rings is 1. The maximum atomic E-state index is 12.1. The quantitative estimate of drug-likeness (QED) is 0.609. The van der Waals surface area contributed by atoms with Crippen molar-refractivity contribution in [2.45, 2.75) is 19.0 Å². The van der Waals surface area contributed by atoms with E-state index in [0.29, 0.717) is 23.7 Å². The molecular formula is C17H21F3N4OS. The first-order chi connectivity index (χ1) is 12.3. The van der Waals surface area contributed by atoms with E-state index in [1.807, 2.05) is 30.1 Å². The van der Waals surface area contributed by atoms with Gasteiger partial charge in [-0.05, 0) is 24.3 Å². The van der Waals surface area contributed by atoms with Gasteiger partial charge in [-0.25, -0.2) is 0 Å². The lowest BCUT2D eigenvalue weighted by atomic mass is 10.2. The van der Waals surface area contributed by atoms with Crippen molar-refractivity contribution < 1.29 is 18.0 Å². The van der Waals surface area contributed by atoms with Crippen molar-refractivity contribution in [2.24, 2.45) is 0 Å². The fraction of sp³-hybridized carbons (Fsp3) is 0.412. The maximum Gasteiger partial charge on any atom is 0.389 e. The Morgan fingerprint density at radius 3 is 2.77 bits per heavy atom. The number of anilines is 1. The molecular weight excluding hydrogens is 365 g/mol. The number of thioether (sulfide) groups is 1. The molecule has 142 valence electrons. The molecule has 2 heterocycles. The van der Waals surface area contributed by atoms with E-state index in [1.54, 1.807) is 12.4 Å². The lowest BCUT2D eigenvalue weighted by Gasteiger charge is -2.21. The number of aromatic nitrogens is 3. The molecule has 0 amide bonds. The van der Waals surface area contributed by atoms with Gasteiger partial charge in [-0.15, -0.1) is 5.10 Å². The number of alkyl halides is 3. The molecule has 0 saturated carbocycles. The highest BCUT2D eigenvalue weighted by Gasteiger charge is 2.26. The van der Waals surface area contributed by atoms with Crippen molar-refractivity contribution in [3.05, 3.63) is 42.9 Å². The third kappa shape index (κ3) is 5.69. The standard InChI is InChI=1S/C17H21F3N4OS/c1-13(6-9-26-10-7-17(18,19)20)23(2)16-11-15(22-24(16)25-3)14-5-4-8-21-12-14/h4-5,8,11-12H,1,6-7,9-10H2,2-3H3. The minimum Gasteiger partial charge on any atom is -0.398 e. The summed E-state index contributed by atoms with van der Waals surface area (Å²) in [5, 5.41) is 4.38. The zero-order valence-electron chi connectivity index (χ0n) is 14.7. The summed E-state index contributed by atoms with van der Waals surface area (Å²) in [6.45, 7) is 4.02.